The number of amides is 1. The van der Waals surface area contributed by atoms with Crippen LogP contribution in [0.2, 0.25) is 0 Å². The molecule has 2 bridgehead atoms. The first-order chi connectivity index (χ1) is 9.08. The molecule has 19 heavy (non-hydrogen) atoms. The first-order valence-electron chi connectivity index (χ1n) is 6.94. The van der Waals surface area contributed by atoms with Crippen molar-refractivity contribution in [3.8, 4) is 0 Å². The van der Waals surface area contributed by atoms with Gasteiger partial charge in [0.05, 0.1) is 25.2 Å². The van der Waals surface area contributed by atoms with Gasteiger partial charge in [-0.05, 0) is 31.1 Å². The summed E-state index contributed by atoms with van der Waals surface area (Å²) in [5.74, 6) is -0.935. The Kier molecular flexibility index (Phi) is 3.22. The smallest absolute Gasteiger partial charge is 0.311 e. The van der Waals surface area contributed by atoms with Gasteiger partial charge < -0.3 is 20.9 Å². The first-order valence-corrected chi connectivity index (χ1v) is 6.94. The standard InChI is InChI=1S/C13H20N2O4/c14-11-7-2-1-6(3-7)10(11)12(16)15-9-5-19-4-8(9)13(17)18/h6-11H,1-5,14H2,(H,15,16)(H,17,18). The molecule has 1 amide bonds. The molecule has 1 aliphatic heterocycles. The highest BCUT2D eigenvalue weighted by atomic mass is 16.5. The second-order valence-electron chi connectivity index (χ2n) is 6.03. The Bertz CT molecular complexity index is 398. The van der Waals surface area contributed by atoms with E-state index >= 15 is 0 Å². The van der Waals surface area contributed by atoms with Crippen LogP contribution in [-0.2, 0) is 14.3 Å². The van der Waals surface area contributed by atoms with Gasteiger partial charge in [-0.1, -0.05) is 0 Å². The van der Waals surface area contributed by atoms with Gasteiger partial charge in [-0.25, -0.2) is 0 Å². The lowest BCUT2D eigenvalue weighted by molar-refractivity contribution is -0.142. The average Bonchev–Trinajstić information content (AvgIpc) is 3.02. The lowest BCUT2D eigenvalue weighted by atomic mass is 9.84. The third-order valence-corrected chi connectivity index (χ3v) is 5.01. The van der Waals surface area contributed by atoms with Gasteiger partial charge in [0, 0.05) is 6.04 Å². The third-order valence-electron chi connectivity index (χ3n) is 5.01. The summed E-state index contributed by atoms with van der Waals surface area (Å²) < 4.78 is 5.16. The molecule has 1 heterocycles. The number of carboxylic acid groups (broad SMARTS) is 1. The number of hydrogen-bond donors (Lipinski definition) is 3. The van der Waals surface area contributed by atoms with Crippen molar-refractivity contribution in [2.24, 2.45) is 29.4 Å². The van der Waals surface area contributed by atoms with Crippen LogP contribution in [-0.4, -0.2) is 42.3 Å². The number of carboxylic acids is 1. The second-order valence-corrected chi connectivity index (χ2v) is 6.03. The number of aliphatic carboxylic acids is 1. The van der Waals surface area contributed by atoms with Crippen molar-refractivity contribution in [3.05, 3.63) is 0 Å². The Labute approximate surface area is 111 Å². The Balaban J connectivity index is 1.64. The molecule has 3 rings (SSSR count). The molecule has 6 nitrogen and oxygen atoms in total. The number of nitrogens with one attached hydrogen (secondary N) is 1. The van der Waals surface area contributed by atoms with Crippen LogP contribution in [0.25, 0.3) is 0 Å². The van der Waals surface area contributed by atoms with E-state index in [0.29, 0.717) is 11.8 Å². The number of nitrogens with two attached hydrogens (primary N) is 1. The number of carbonyl (C=O) groups is 2. The van der Waals surface area contributed by atoms with E-state index in [9.17, 15) is 9.59 Å². The molecule has 6 heteroatoms. The van der Waals surface area contributed by atoms with Crippen molar-refractivity contribution in [1.29, 1.82) is 0 Å². The van der Waals surface area contributed by atoms with Crippen molar-refractivity contribution >= 4 is 11.9 Å². The molecule has 0 radical (unpaired) electrons. The summed E-state index contributed by atoms with van der Waals surface area (Å²) in [6, 6.07) is -0.485. The fourth-order valence-electron chi connectivity index (χ4n) is 3.94. The minimum Gasteiger partial charge on any atom is -0.481 e. The third kappa shape index (κ3) is 2.12. The quantitative estimate of drug-likeness (QED) is 0.645. The summed E-state index contributed by atoms with van der Waals surface area (Å²) in [5, 5.41) is 11.9. The molecule has 0 aromatic rings. The van der Waals surface area contributed by atoms with Crippen LogP contribution < -0.4 is 11.1 Å². The van der Waals surface area contributed by atoms with Crippen LogP contribution in [0.4, 0.5) is 0 Å². The van der Waals surface area contributed by atoms with Crippen LogP contribution in [0.3, 0.4) is 0 Å². The van der Waals surface area contributed by atoms with Crippen molar-refractivity contribution < 1.29 is 19.4 Å². The lowest BCUT2D eigenvalue weighted by Crippen LogP contribution is -2.50. The molecule has 6 unspecified atom stereocenters. The van der Waals surface area contributed by atoms with Gasteiger partial charge in [-0.3, -0.25) is 9.59 Å². The van der Waals surface area contributed by atoms with E-state index < -0.39 is 17.9 Å². The number of rotatable bonds is 3. The zero-order chi connectivity index (χ0) is 13.6. The largest absolute Gasteiger partial charge is 0.481 e. The molecule has 2 saturated carbocycles. The van der Waals surface area contributed by atoms with Gasteiger partial charge >= 0.3 is 5.97 Å². The Hall–Kier alpha value is -1.14. The number of fused-ring (bicyclic) bond motifs is 2. The van der Waals surface area contributed by atoms with Gasteiger partial charge in [-0.2, -0.15) is 0 Å². The average molecular weight is 268 g/mol. The van der Waals surface area contributed by atoms with Gasteiger partial charge in [0.15, 0.2) is 0 Å². The Morgan fingerprint density at radius 2 is 1.95 bits per heavy atom. The number of carbonyl (C=O) groups excluding carboxylic acids is 1. The molecule has 0 spiro atoms. The zero-order valence-electron chi connectivity index (χ0n) is 10.7. The maximum Gasteiger partial charge on any atom is 0.311 e. The zero-order valence-corrected chi connectivity index (χ0v) is 10.7. The van der Waals surface area contributed by atoms with E-state index in [2.05, 4.69) is 5.32 Å². The van der Waals surface area contributed by atoms with Crippen LogP contribution in [0.5, 0.6) is 0 Å². The fraction of sp³-hybridized carbons (Fsp3) is 0.846. The summed E-state index contributed by atoms with van der Waals surface area (Å²) >= 11 is 0. The molecule has 2 aliphatic carbocycles. The second kappa shape index (κ2) is 4.76. The van der Waals surface area contributed by atoms with E-state index in [1.54, 1.807) is 0 Å². The normalized spacial score (nSPS) is 44.5. The van der Waals surface area contributed by atoms with Crippen LogP contribution in [0.1, 0.15) is 19.3 Å². The molecule has 1 saturated heterocycles. The monoisotopic (exact) mass is 268 g/mol. The minimum absolute atomic E-state index is 0.0654. The summed E-state index contributed by atoms with van der Waals surface area (Å²) in [4.78, 5) is 23.4. The molecule has 3 fully saturated rings. The number of ether oxygens (including phenoxy) is 1. The van der Waals surface area contributed by atoms with Gasteiger partial charge in [-0.15, -0.1) is 0 Å². The van der Waals surface area contributed by atoms with E-state index in [0.717, 1.165) is 19.3 Å². The van der Waals surface area contributed by atoms with Crippen LogP contribution >= 0.6 is 0 Å². The van der Waals surface area contributed by atoms with Crippen molar-refractivity contribution in [1.82, 2.24) is 5.32 Å². The van der Waals surface area contributed by atoms with E-state index in [1.165, 1.54) is 0 Å². The van der Waals surface area contributed by atoms with Crippen molar-refractivity contribution in [3.63, 3.8) is 0 Å². The first kappa shape index (κ1) is 12.9. The summed E-state index contributed by atoms with van der Waals surface area (Å²) in [6.45, 7) is 0.446. The maximum atomic E-state index is 12.3. The molecule has 4 N–H and O–H groups in total. The molecular formula is C13H20N2O4. The molecule has 3 aliphatic rings. The topological polar surface area (TPSA) is 102 Å². The highest BCUT2D eigenvalue weighted by Crippen LogP contribution is 2.47. The van der Waals surface area contributed by atoms with E-state index in [4.69, 9.17) is 15.6 Å². The predicted molar refractivity (Wildman–Crippen MR) is 66.2 cm³/mol. The van der Waals surface area contributed by atoms with Crippen molar-refractivity contribution in [2.75, 3.05) is 13.2 Å². The molecule has 6 atom stereocenters. The van der Waals surface area contributed by atoms with Crippen LogP contribution in [0.15, 0.2) is 0 Å². The predicted octanol–water partition coefficient (Wildman–Crippen LogP) is -0.424. The van der Waals surface area contributed by atoms with Gasteiger partial charge in [0.2, 0.25) is 5.91 Å². The van der Waals surface area contributed by atoms with Crippen molar-refractivity contribution in [2.45, 2.75) is 31.3 Å². The maximum absolute atomic E-state index is 12.3. The van der Waals surface area contributed by atoms with E-state index in [-0.39, 0.29) is 31.1 Å². The minimum atomic E-state index is -0.917. The SMILES string of the molecule is NC1C2CCC(C2)C1C(=O)NC1COCC1C(=O)O. The summed E-state index contributed by atoms with van der Waals surface area (Å²) in [6.07, 6.45) is 3.24. The molecule has 106 valence electrons. The molecular weight excluding hydrogens is 248 g/mol. The summed E-state index contributed by atoms with van der Waals surface area (Å²) in [7, 11) is 0. The van der Waals surface area contributed by atoms with Crippen LogP contribution in [0, 0.1) is 23.7 Å². The highest BCUT2D eigenvalue weighted by molar-refractivity contribution is 5.82. The Morgan fingerprint density at radius 3 is 2.58 bits per heavy atom. The molecule has 0 aromatic carbocycles. The highest BCUT2D eigenvalue weighted by Gasteiger charge is 2.50. The number of hydrogen-bond acceptors (Lipinski definition) is 4. The fourth-order valence-corrected chi connectivity index (χ4v) is 3.94. The lowest BCUT2D eigenvalue weighted by Gasteiger charge is -2.28. The Morgan fingerprint density at radius 1 is 1.21 bits per heavy atom. The molecule has 0 aromatic heterocycles. The van der Waals surface area contributed by atoms with Gasteiger partial charge in [0.1, 0.15) is 5.92 Å². The summed E-state index contributed by atoms with van der Waals surface area (Å²) in [5.41, 5.74) is 6.13. The van der Waals surface area contributed by atoms with E-state index in [1.807, 2.05) is 0 Å². The van der Waals surface area contributed by atoms with Gasteiger partial charge in [0.25, 0.3) is 0 Å².